The molecule has 4 rings (SSSR count). The highest BCUT2D eigenvalue weighted by molar-refractivity contribution is 7.90. The number of thiophene rings is 1. The number of benzene rings is 1. The molecule has 0 aliphatic carbocycles. The van der Waals surface area contributed by atoms with Crippen LogP contribution >= 0.6 is 11.3 Å². The highest BCUT2D eigenvalue weighted by atomic mass is 32.2. The first-order chi connectivity index (χ1) is 15.8. The van der Waals surface area contributed by atoms with Crippen molar-refractivity contribution in [1.29, 1.82) is 0 Å². The Hall–Kier alpha value is -3.05. The summed E-state index contributed by atoms with van der Waals surface area (Å²) in [5.41, 5.74) is 1.86. The molecule has 0 spiro atoms. The highest BCUT2D eigenvalue weighted by Gasteiger charge is 2.33. The van der Waals surface area contributed by atoms with Crippen LogP contribution < -0.4 is 5.32 Å². The van der Waals surface area contributed by atoms with Gasteiger partial charge in [-0.25, -0.2) is 18.2 Å². The minimum atomic E-state index is -3.25. The number of nitrogens with zero attached hydrogens (tertiary/aromatic N) is 2. The van der Waals surface area contributed by atoms with Crippen LogP contribution in [-0.4, -0.2) is 49.3 Å². The van der Waals surface area contributed by atoms with Gasteiger partial charge >= 0.3 is 5.97 Å². The molecule has 174 valence electrons. The Kier molecular flexibility index (Phi) is 6.61. The van der Waals surface area contributed by atoms with Gasteiger partial charge in [-0.15, -0.1) is 11.3 Å². The SMILES string of the molecule is CCOC(=O)c1c(NC(=O)C2=NN(Cc3ccccc3)C(=O)CC2)sc2c1CCS(=O)(=O)C2. The summed E-state index contributed by atoms with van der Waals surface area (Å²) in [4.78, 5) is 38.5. The molecule has 0 fully saturated rings. The van der Waals surface area contributed by atoms with Gasteiger partial charge in [-0.1, -0.05) is 30.3 Å². The fourth-order valence-electron chi connectivity index (χ4n) is 3.75. The van der Waals surface area contributed by atoms with E-state index >= 15 is 0 Å². The lowest BCUT2D eigenvalue weighted by Crippen LogP contribution is -2.36. The smallest absolute Gasteiger partial charge is 0.341 e. The van der Waals surface area contributed by atoms with Crippen molar-refractivity contribution < 1.29 is 27.5 Å². The van der Waals surface area contributed by atoms with Crippen LogP contribution in [-0.2, 0) is 42.9 Å². The van der Waals surface area contributed by atoms with Crippen LogP contribution in [0.2, 0.25) is 0 Å². The van der Waals surface area contributed by atoms with Gasteiger partial charge in [0.1, 0.15) is 10.7 Å². The second kappa shape index (κ2) is 9.44. The zero-order chi connectivity index (χ0) is 23.6. The van der Waals surface area contributed by atoms with E-state index in [4.69, 9.17) is 4.74 Å². The second-order valence-electron chi connectivity index (χ2n) is 7.71. The maximum atomic E-state index is 13.0. The average Bonchev–Trinajstić information content (AvgIpc) is 3.11. The molecule has 1 aromatic carbocycles. The Bertz CT molecular complexity index is 1230. The number of ether oxygens (including phenoxy) is 1. The summed E-state index contributed by atoms with van der Waals surface area (Å²) < 4.78 is 29.3. The van der Waals surface area contributed by atoms with Crippen LogP contribution in [0.3, 0.4) is 0 Å². The number of hydrogen-bond donors (Lipinski definition) is 1. The quantitative estimate of drug-likeness (QED) is 0.622. The number of rotatable bonds is 6. The van der Waals surface area contributed by atoms with Crippen molar-refractivity contribution in [2.45, 2.75) is 38.5 Å². The van der Waals surface area contributed by atoms with E-state index in [2.05, 4.69) is 10.4 Å². The Labute approximate surface area is 195 Å². The molecule has 0 atom stereocenters. The summed E-state index contributed by atoms with van der Waals surface area (Å²) in [6.45, 7) is 2.07. The van der Waals surface area contributed by atoms with Crippen molar-refractivity contribution in [3.05, 3.63) is 51.9 Å². The number of nitrogens with one attached hydrogen (secondary N) is 1. The molecule has 0 saturated carbocycles. The van der Waals surface area contributed by atoms with Gasteiger partial charge in [0, 0.05) is 17.7 Å². The average molecular weight is 490 g/mol. The summed E-state index contributed by atoms with van der Waals surface area (Å²) in [5.74, 6) is -1.54. The Morgan fingerprint density at radius 2 is 1.94 bits per heavy atom. The fraction of sp³-hybridized carbons (Fsp3) is 0.364. The molecule has 11 heteroatoms. The number of hydrogen-bond acceptors (Lipinski definition) is 8. The minimum absolute atomic E-state index is 0.0558. The maximum absolute atomic E-state index is 13.0. The molecule has 0 unspecified atom stereocenters. The molecule has 33 heavy (non-hydrogen) atoms. The van der Waals surface area contributed by atoms with E-state index in [9.17, 15) is 22.8 Å². The largest absolute Gasteiger partial charge is 0.462 e. The van der Waals surface area contributed by atoms with E-state index in [1.165, 1.54) is 5.01 Å². The summed E-state index contributed by atoms with van der Waals surface area (Å²) in [5, 5.41) is 8.48. The standard InChI is InChI=1S/C22H23N3O6S2/c1-2-31-22(28)19-15-10-11-33(29,30)13-17(15)32-21(19)23-20(27)16-8-9-18(26)25(24-16)12-14-6-4-3-5-7-14/h3-7H,2,8-13H2,1H3,(H,23,27). The zero-order valence-electron chi connectivity index (χ0n) is 18.0. The van der Waals surface area contributed by atoms with Crippen molar-refractivity contribution in [2.75, 3.05) is 17.7 Å². The number of anilines is 1. The third-order valence-corrected chi connectivity index (χ3v) is 8.24. The molecule has 2 aromatic rings. The molecule has 3 heterocycles. The summed E-state index contributed by atoms with van der Waals surface area (Å²) >= 11 is 1.07. The normalized spacial score (nSPS) is 17.2. The van der Waals surface area contributed by atoms with Crippen molar-refractivity contribution in [1.82, 2.24) is 5.01 Å². The Balaban J connectivity index is 1.60. The van der Waals surface area contributed by atoms with Crippen molar-refractivity contribution >= 4 is 49.7 Å². The summed E-state index contributed by atoms with van der Waals surface area (Å²) in [6.07, 6.45) is 0.506. The van der Waals surface area contributed by atoms with Gasteiger partial charge in [-0.2, -0.15) is 5.10 Å². The number of sulfone groups is 1. The molecule has 2 aliphatic rings. The number of carbonyl (C=O) groups is 3. The van der Waals surface area contributed by atoms with Crippen LogP contribution in [0.25, 0.3) is 0 Å². The molecule has 9 nitrogen and oxygen atoms in total. The predicted octanol–water partition coefficient (Wildman–Crippen LogP) is 2.51. The van der Waals surface area contributed by atoms with E-state index in [0.717, 1.165) is 16.9 Å². The van der Waals surface area contributed by atoms with Crippen LogP contribution in [0.15, 0.2) is 35.4 Å². The van der Waals surface area contributed by atoms with Crippen molar-refractivity contribution in [3.63, 3.8) is 0 Å². The number of amides is 2. The zero-order valence-corrected chi connectivity index (χ0v) is 19.6. The van der Waals surface area contributed by atoms with Gasteiger partial charge in [0.05, 0.1) is 30.2 Å². The summed E-state index contributed by atoms with van der Waals surface area (Å²) in [6, 6.07) is 9.32. The molecule has 0 radical (unpaired) electrons. The monoisotopic (exact) mass is 489 g/mol. The van der Waals surface area contributed by atoms with E-state index in [0.29, 0.717) is 10.4 Å². The molecule has 1 N–H and O–H groups in total. The first kappa shape index (κ1) is 23.1. The van der Waals surface area contributed by atoms with Crippen molar-refractivity contribution in [3.8, 4) is 0 Å². The molecule has 1 aromatic heterocycles. The first-order valence-electron chi connectivity index (χ1n) is 10.5. The third-order valence-electron chi connectivity index (χ3n) is 5.35. The number of fused-ring (bicyclic) bond motifs is 1. The number of hydrazone groups is 1. The van der Waals surface area contributed by atoms with Gasteiger partial charge < -0.3 is 10.1 Å². The van der Waals surface area contributed by atoms with Crippen LogP contribution in [0.1, 0.15) is 46.1 Å². The molecular formula is C22H23N3O6S2. The van der Waals surface area contributed by atoms with Gasteiger partial charge in [-0.05, 0) is 24.5 Å². The van der Waals surface area contributed by atoms with Crippen LogP contribution in [0, 0.1) is 0 Å². The van der Waals surface area contributed by atoms with E-state index in [1.807, 2.05) is 30.3 Å². The second-order valence-corrected chi connectivity index (χ2v) is 11.0. The first-order valence-corrected chi connectivity index (χ1v) is 13.2. The minimum Gasteiger partial charge on any atom is -0.462 e. The van der Waals surface area contributed by atoms with E-state index in [1.54, 1.807) is 6.92 Å². The number of carbonyl (C=O) groups excluding carboxylic acids is 3. The molecule has 2 aliphatic heterocycles. The third kappa shape index (κ3) is 5.14. The Morgan fingerprint density at radius 3 is 2.67 bits per heavy atom. The lowest BCUT2D eigenvalue weighted by atomic mass is 10.1. The van der Waals surface area contributed by atoms with Gasteiger partial charge in [-0.3, -0.25) is 9.59 Å². The molecule has 2 amide bonds. The highest BCUT2D eigenvalue weighted by Crippen LogP contribution is 2.38. The van der Waals surface area contributed by atoms with E-state index < -0.39 is 21.7 Å². The predicted molar refractivity (Wildman–Crippen MR) is 124 cm³/mol. The van der Waals surface area contributed by atoms with Crippen LogP contribution in [0.4, 0.5) is 5.00 Å². The summed E-state index contributed by atoms with van der Waals surface area (Å²) in [7, 11) is -3.25. The molecular weight excluding hydrogens is 466 g/mol. The Morgan fingerprint density at radius 1 is 1.18 bits per heavy atom. The lowest BCUT2D eigenvalue weighted by molar-refractivity contribution is -0.132. The number of esters is 1. The lowest BCUT2D eigenvalue weighted by Gasteiger charge is -2.23. The van der Waals surface area contributed by atoms with E-state index in [-0.39, 0.29) is 66.1 Å². The van der Waals surface area contributed by atoms with Gasteiger partial charge in [0.15, 0.2) is 9.84 Å². The maximum Gasteiger partial charge on any atom is 0.341 e. The molecule has 0 saturated heterocycles. The van der Waals surface area contributed by atoms with Crippen LogP contribution in [0.5, 0.6) is 0 Å². The topological polar surface area (TPSA) is 122 Å². The fourth-order valence-corrected chi connectivity index (χ4v) is 6.78. The molecule has 0 bridgehead atoms. The van der Waals surface area contributed by atoms with Crippen molar-refractivity contribution in [2.24, 2.45) is 5.10 Å². The van der Waals surface area contributed by atoms with Gasteiger partial charge in [0.25, 0.3) is 5.91 Å². The van der Waals surface area contributed by atoms with Gasteiger partial charge in [0.2, 0.25) is 5.91 Å².